The molecule has 1 unspecified atom stereocenters. The van der Waals surface area contributed by atoms with Gasteiger partial charge in [-0.25, -0.2) is 0 Å². The first-order valence-corrected chi connectivity index (χ1v) is 11.1. The molecule has 2 aromatic rings. The van der Waals surface area contributed by atoms with E-state index in [1.165, 1.54) is 6.20 Å². The molecule has 9 nitrogen and oxygen atoms in total. The molecule has 2 amide bonds. The fourth-order valence-electron chi connectivity index (χ4n) is 3.46. The van der Waals surface area contributed by atoms with Gasteiger partial charge in [-0.15, -0.1) is 0 Å². The molecule has 1 aliphatic rings. The van der Waals surface area contributed by atoms with E-state index < -0.39 is 23.8 Å². The average molecular weight is 472 g/mol. The fourth-order valence-corrected chi connectivity index (χ4v) is 3.63. The Kier molecular flexibility index (Phi) is 8.77. The van der Waals surface area contributed by atoms with E-state index in [1.807, 2.05) is 0 Å². The van der Waals surface area contributed by atoms with Crippen LogP contribution in [0.3, 0.4) is 0 Å². The van der Waals surface area contributed by atoms with Crippen molar-refractivity contribution in [2.24, 2.45) is 4.99 Å². The second-order valence-corrected chi connectivity index (χ2v) is 8.08. The first kappa shape index (κ1) is 24.2. The predicted octanol–water partition coefficient (Wildman–Crippen LogP) is 3.18. The summed E-state index contributed by atoms with van der Waals surface area (Å²) in [6, 6.07) is 7.41. The summed E-state index contributed by atoms with van der Waals surface area (Å²) in [7, 11) is 0. The number of halogens is 1. The molecule has 1 atom stereocenters. The normalized spacial score (nSPS) is 14.4. The number of hydrogen-bond acceptors (Lipinski definition) is 6. The largest absolute Gasteiger partial charge is 0.481 e. The highest BCUT2D eigenvalue weighted by Crippen LogP contribution is 2.22. The van der Waals surface area contributed by atoms with Crippen molar-refractivity contribution in [2.75, 3.05) is 18.4 Å². The van der Waals surface area contributed by atoms with Crippen molar-refractivity contribution in [2.45, 2.75) is 38.1 Å². The third-order valence-electron chi connectivity index (χ3n) is 5.09. The minimum Gasteiger partial charge on any atom is -0.481 e. The molecular formula is C23H26ClN5O4. The summed E-state index contributed by atoms with van der Waals surface area (Å²) in [4.78, 5) is 44.9. The summed E-state index contributed by atoms with van der Waals surface area (Å²) in [5, 5.41) is 18.1. The second-order valence-electron chi connectivity index (χ2n) is 7.64. The Bertz CT molecular complexity index is 1030. The highest BCUT2D eigenvalue weighted by atomic mass is 35.5. The van der Waals surface area contributed by atoms with Crippen molar-refractivity contribution in [1.29, 1.82) is 0 Å². The summed E-state index contributed by atoms with van der Waals surface area (Å²) in [6.07, 6.45) is 6.69. The minimum atomic E-state index is -1.06. The van der Waals surface area contributed by atoms with E-state index >= 15 is 0 Å². The molecule has 0 bridgehead atoms. The number of carbonyl (C=O) groups is 3. The molecule has 0 spiro atoms. The van der Waals surface area contributed by atoms with Crippen LogP contribution in [0.25, 0.3) is 0 Å². The summed E-state index contributed by atoms with van der Waals surface area (Å²) < 4.78 is 0. The van der Waals surface area contributed by atoms with Crippen LogP contribution in [0.15, 0.2) is 47.7 Å². The molecule has 33 heavy (non-hydrogen) atoms. The van der Waals surface area contributed by atoms with Crippen LogP contribution in [0, 0.1) is 0 Å². The number of aromatic nitrogens is 1. The molecule has 10 heteroatoms. The molecule has 0 fully saturated rings. The fraction of sp³-hybridized carbons (Fsp3) is 0.348. The summed E-state index contributed by atoms with van der Waals surface area (Å²) >= 11 is 6.13. The first-order chi connectivity index (χ1) is 15.9. The van der Waals surface area contributed by atoms with Crippen LogP contribution in [0.1, 0.15) is 54.1 Å². The van der Waals surface area contributed by atoms with Crippen molar-refractivity contribution in [3.63, 3.8) is 0 Å². The lowest BCUT2D eigenvalue weighted by molar-refractivity contribution is -0.137. The average Bonchev–Trinajstić information content (AvgIpc) is 3.06. The van der Waals surface area contributed by atoms with Gasteiger partial charge in [0.25, 0.3) is 5.91 Å². The van der Waals surface area contributed by atoms with Crippen molar-refractivity contribution >= 4 is 40.9 Å². The lowest BCUT2D eigenvalue weighted by Crippen LogP contribution is -2.39. The van der Waals surface area contributed by atoms with Gasteiger partial charge >= 0.3 is 5.97 Å². The molecule has 4 N–H and O–H groups in total. The smallest absolute Gasteiger partial charge is 0.305 e. The van der Waals surface area contributed by atoms with Gasteiger partial charge in [0.15, 0.2) is 0 Å². The van der Waals surface area contributed by atoms with Crippen LogP contribution in [-0.4, -0.2) is 46.8 Å². The number of nitrogens with one attached hydrogen (secondary N) is 3. The van der Waals surface area contributed by atoms with E-state index in [1.54, 1.807) is 36.5 Å². The number of amides is 2. The number of carboxylic acids is 1. The van der Waals surface area contributed by atoms with Gasteiger partial charge in [-0.05, 0) is 42.7 Å². The molecular weight excluding hydrogens is 446 g/mol. The number of anilines is 1. The van der Waals surface area contributed by atoms with Crippen LogP contribution in [0.5, 0.6) is 0 Å². The Hall–Kier alpha value is -3.46. The molecule has 174 valence electrons. The number of hydrogen-bond donors (Lipinski definition) is 4. The van der Waals surface area contributed by atoms with E-state index in [-0.39, 0.29) is 13.0 Å². The van der Waals surface area contributed by atoms with Gasteiger partial charge < -0.3 is 21.1 Å². The zero-order valence-electron chi connectivity index (χ0n) is 18.0. The van der Waals surface area contributed by atoms with Crippen LogP contribution in [0.2, 0.25) is 5.02 Å². The number of aliphatic carboxylic acids is 1. The first-order valence-electron chi connectivity index (χ1n) is 10.7. The molecule has 2 heterocycles. The Balaban J connectivity index is 1.64. The van der Waals surface area contributed by atoms with E-state index in [0.717, 1.165) is 38.1 Å². The Labute approximate surface area is 196 Å². The molecule has 3 rings (SSSR count). The number of nitrogens with zero attached hydrogens (tertiary/aromatic N) is 2. The molecule has 1 aromatic heterocycles. The summed E-state index contributed by atoms with van der Waals surface area (Å²) in [6.45, 7) is 0.414. The van der Waals surface area contributed by atoms with Crippen LogP contribution >= 0.6 is 11.6 Å². The molecule has 1 aromatic carbocycles. The van der Waals surface area contributed by atoms with Gasteiger partial charge in [0.05, 0.1) is 30.3 Å². The second kappa shape index (κ2) is 12.0. The van der Waals surface area contributed by atoms with Crippen LogP contribution in [0.4, 0.5) is 5.69 Å². The van der Waals surface area contributed by atoms with Gasteiger partial charge in [0, 0.05) is 30.4 Å². The SMILES string of the molecule is O=C(O)CC(NC(=O)CNC(=O)c1ccc(Cl)cc1NC1=NCCCCC1)c1cccnc1. The van der Waals surface area contributed by atoms with E-state index in [4.69, 9.17) is 16.7 Å². The highest BCUT2D eigenvalue weighted by Gasteiger charge is 2.20. The standard InChI is InChI=1S/C23H26ClN5O4/c24-16-7-8-17(19(11-16)28-20-6-2-1-3-10-26-20)23(33)27-14-21(30)29-18(12-22(31)32)15-5-4-9-25-13-15/h4-5,7-9,11,13,18H,1-3,6,10,12,14H2,(H,26,28)(H,27,33)(H,29,30)(H,31,32). The van der Waals surface area contributed by atoms with E-state index in [0.29, 0.717) is 21.8 Å². The van der Waals surface area contributed by atoms with Crippen molar-refractivity contribution in [3.05, 3.63) is 58.9 Å². The summed E-state index contributed by atoms with van der Waals surface area (Å²) in [5.74, 6) is -1.24. The summed E-state index contributed by atoms with van der Waals surface area (Å²) in [5.41, 5.74) is 1.40. The number of aliphatic imine (C=N–C) groups is 1. The van der Waals surface area contributed by atoms with Crippen molar-refractivity contribution in [1.82, 2.24) is 15.6 Å². The Morgan fingerprint density at radius 1 is 1.15 bits per heavy atom. The molecule has 0 saturated carbocycles. The van der Waals surface area contributed by atoms with E-state index in [9.17, 15) is 14.4 Å². The molecule has 0 saturated heterocycles. The van der Waals surface area contributed by atoms with Crippen molar-refractivity contribution in [3.8, 4) is 0 Å². The van der Waals surface area contributed by atoms with Crippen LogP contribution in [-0.2, 0) is 9.59 Å². The lowest BCUT2D eigenvalue weighted by atomic mass is 10.1. The van der Waals surface area contributed by atoms with E-state index in [2.05, 4.69) is 25.9 Å². The number of carboxylic acid groups (broad SMARTS) is 1. The number of benzene rings is 1. The minimum absolute atomic E-state index is 0.307. The highest BCUT2D eigenvalue weighted by molar-refractivity contribution is 6.31. The zero-order chi connectivity index (χ0) is 23.6. The maximum Gasteiger partial charge on any atom is 0.305 e. The lowest BCUT2D eigenvalue weighted by Gasteiger charge is -2.18. The van der Waals surface area contributed by atoms with Gasteiger partial charge in [-0.2, -0.15) is 0 Å². The number of amidine groups is 1. The van der Waals surface area contributed by atoms with Gasteiger partial charge in [-0.1, -0.05) is 24.1 Å². The molecule has 0 radical (unpaired) electrons. The predicted molar refractivity (Wildman–Crippen MR) is 126 cm³/mol. The van der Waals surface area contributed by atoms with Crippen LogP contribution < -0.4 is 16.0 Å². The van der Waals surface area contributed by atoms with Gasteiger partial charge in [0.1, 0.15) is 5.84 Å². The van der Waals surface area contributed by atoms with Crippen molar-refractivity contribution < 1.29 is 19.5 Å². The Morgan fingerprint density at radius 2 is 2.00 bits per heavy atom. The zero-order valence-corrected chi connectivity index (χ0v) is 18.8. The maximum atomic E-state index is 12.8. The maximum absolute atomic E-state index is 12.8. The molecule has 0 aliphatic carbocycles. The topological polar surface area (TPSA) is 133 Å². The van der Waals surface area contributed by atoms with Gasteiger partial charge in [-0.3, -0.25) is 24.4 Å². The third kappa shape index (κ3) is 7.57. The molecule has 1 aliphatic heterocycles. The number of pyridine rings is 1. The number of rotatable bonds is 8. The van der Waals surface area contributed by atoms with Gasteiger partial charge in [0.2, 0.25) is 5.91 Å². The quantitative estimate of drug-likeness (QED) is 0.467. The third-order valence-corrected chi connectivity index (χ3v) is 5.32. The monoisotopic (exact) mass is 471 g/mol. The number of carbonyl (C=O) groups excluding carboxylic acids is 2. The Morgan fingerprint density at radius 3 is 2.76 bits per heavy atom.